The summed E-state index contributed by atoms with van der Waals surface area (Å²) in [4.78, 5) is 22.4. The number of aromatic nitrogens is 5. The highest BCUT2D eigenvalue weighted by atomic mass is 19.1. The Balaban J connectivity index is 1.44. The zero-order valence-corrected chi connectivity index (χ0v) is 13.1. The van der Waals surface area contributed by atoms with Gasteiger partial charge < -0.3 is 10.7 Å². The number of fused-ring (bicyclic) bond motifs is 1. The Morgan fingerprint density at radius 3 is 2.88 bits per heavy atom. The fraction of sp³-hybridized carbons (Fsp3) is 0.375. The predicted octanol–water partition coefficient (Wildman–Crippen LogP) is 1.85. The van der Waals surface area contributed by atoms with E-state index in [1.54, 1.807) is 18.6 Å². The summed E-state index contributed by atoms with van der Waals surface area (Å²) >= 11 is 0. The van der Waals surface area contributed by atoms with Crippen molar-refractivity contribution in [3.63, 3.8) is 0 Å². The third-order valence-electron chi connectivity index (χ3n) is 4.49. The minimum Gasteiger partial charge on any atom is -0.382 e. The average Bonchev–Trinajstić information content (AvgIpc) is 3.07. The van der Waals surface area contributed by atoms with E-state index in [1.165, 1.54) is 6.07 Å². The lowest BCUT2D eigenvalue weighted by Gasteiger charge is -2.31. The first-order valence-electron chi connectivity index (χ1n) is 7.99. The lowest BCUT2D eigenvalue weighted by Crippen LogP contribution is -2.33. The average molecular weight is 327 g/mol. The van der Waals surface area contributed by atoms with Gasteiger partial charge in [-0.05, 0) is 38.1 Å². The van der Waals surface area contributed by atoms with Crippen LogP contribution in [0.5, 0.6) is 0 Å². The lowest BCUT2D eigenvalue weighted by atomic mass is 9.95. The predicted molar refractivity (Wildman–Crippen MR) is 87.5 cm³/mol. The van der Waals surface area contributed by atoms with E-state index in [1.807, 2.05) is 0 Å². The number of hydrogen-bond donors (Lipinski definition) is 2. The molecule has 3 aromatic rings. The number of aromatic amines is 1. The number of imidazole rings is 1. The first-order chi connectivity index (χ1) is 11.7. The van der Waals surface area contributed by atoms with E-state index in [0.29, 0.717) is 29.2 Å². The molecule has 1 aliphatic rings. The summed E-state index contributed by atoms with van der Waals surface area (Å²) < 4.78 is 13.7. The number of nitrogens with one attached hydrogen (secondary N) is 1. The fourth-order valence-electron chi connectivity index (χ4n) is 3.15. The van der Waals surface area contributed by atoms with E-state index in [9.17, 15) is 4.39 Å². The second-order valence-electron chi connectivity index (χ2n) is 6.05. The van der Waals surface area contributed by atoms with Crippen molar-refractivity contribution in [1.82, 2.24) is 29.8 Å². The van der Waals surface area contributed by atoms with E-state index >= 15 is 0 Å². The van der Waals surface area contributed by atoms with Gasteiger partial charge in [-0.15, -0.1) is 0 Å². The first-order valence-corrected chi connectivity index (χ1v) is 7.99. The van der Waals surface area contributed by atoms with Crippen LogP contribution in [0.2, 0.25) is 0 Å². The number of anilines is 1. The second-order valence-corrected chi connectivity index (χ2v) is 6.05. The number of piperidine rings is 1. The van der Waals surface area contributed by atoms with Crippen molar-refractivity contribution in [3.05, 3.63) is 42.0 Å². The molecule has 0 unspecified atom stereocenters. The monoisotopic (exact) mass is 327 g/mol. The smallest absolute Gasteiger partial charge is 0.183 e. The van der Waals surface area contributed by atoms with Gasteiger partial charge >= 0.3 is 0 Å². The molecule has 0 radical (unpaired) electrons. The second kappa shape index (κ2) is 6.12. The van der Waals surface area contributed by atoms with Crippen LogP contribution >= 0.6 is 0 Å². The molecular weight excluding hydrogens is 309 g/mol. The quantitative estimate of drug-likeness (QED) is 0.762. The number of nitrogen functional groups attached to an aromatic ring is 1. The molecule has 0 saturated carbocycles. The molecule has 4 heterocycles. The summed E-state index contributed by atoms with van der Waals surface area (Å²) in [6, 6.07) is 3.06. The first kappa shape index (κ1) is 14.9. The lowest BCUT2D eigenvalue weighted by molar-refractivity contribution is 0.197. The van der Waals surface area contributed by atoms with Crippen LogP contribution in [-0.2, 0) is 6.54 Å². The van der Waals surface area contributed by atoms with Crippen LogP contribution in [0.3, 0.4) is 0 Å². The van der Waals surface area contributed by atoms with E-state index in [-0.39, 0.29) is 11.7 Å². The molecule has 0 atom stereocenters. The Bertz CT molecular complexity index is 855. The van der Waals surface area contributed by atoms with Gasteiger partial charge in [0, 0.05) is 18.7 Å². The number of nitrogens with two attached hydrogens (primary N) is 1. The largest absolute Gasteiger partial charge is 0.382 e. The molecule has 3 aromatic heterocycles. The maximum absolute atomic E-state index is 13.7. The molecule has 0 aliphatic carbocycles. The summed E-state index contributed by atoms with van der Waals surface area (Å²) in [7, 11) is 0. The topological polar surface area (TPSA) is 96.6 Å². The normalized spacial score (nSPS) is 16.7. The molecule has 3 N–H and O–H groups in total. The van der Waals surface area contributed by atoms with Crippen LogP contribution in [0.15, 0.2) is 24.7 Å². The summed E-state index contributed by atoms with van der Waals surface area (Å²) in [6.07, 6.45) is 5.01. The molecule has 24 heavy (non-hydrogen) atoms. The number of halogens is 1. The standard InChI is InChI=1S/C16H18FN7/c17-11-2-1-5-19-12(11)8-24-6-3-10(4-7-24)15-22-14(18)13-16(23-15)21-9-20-13/h1-2,5,9-10H,3-4,6-8H2,(H3,18,20,21,22,23). The van der Waals surface area contributed by atoms with Crippen molar-refractivity contribution in [3.8, 4) is 0 Å². The molecule has 8 heteroatoms. The van der Waals surface area contributed by atoms with Gasteiger partial charge in [-0.3, -0.25) is 9.88 Å². The van der Waals surface area contributed by atoms with Gasteiger partial charge in [0.15, 0.2) is 11.5 Å². The van der Waals surface area contributed by atoms with Crippen LogP contribution in [0, 0.1) is 5.82 Å². The molecule has 1 saturated heterocycles. The highest BCUT2D eigenvalue weighted by Crippen LogP contribution is 2.28. The maximum Gasteiger partial charge on any atom is 0.183 e. The van der Waals surface area contributed by atoms with Gasteiger partial charge in [-0.1, -0.05) is 0 Å². The van der Waals surface area contributed by atoms with Crippen molar-refractivity contribution < 1.29 is 4.39 Å². The number of likely N-dealkylation sites (tertiary alicyclic amines) is 1. The molecule has 124 valence electrons. The number of rotatable bonds is 3. The summed E-state index contributed by atoms with van der Waals surface area (Å²) in [5, 5.41) is 0. The Morgan fingerprint density at radius 2 is 2.08 bits per heavy atom. The van der Waals surface area contributed by atoms with E-state index < -0.39 is 0 Å². The zero-order valence-electron chi connectivity index (χ0n) is 13.1. The molecule has 4 rings (SSSR count). The Labute approximate surface area is 138 Å². The summed E-state index contributed by atoms with van der Waals surface area (Å²) in [6.45, 7) is 2.23. The number of pyridine rings is 1. The minimum absolute atomic E-state index is 0.248. The Hall–Kier alpha value is -2.61. The van der Waals surface area contributed by atoms with E-state index in [4.69, 9.17) is 5.73 Å². The summed E-state index contributed by atoms with van der Waals surface area (Å²) in [5.41, 5.74) is 7.76. The highest BCUT2D eigenvalue weighted by molar-refractivity contribution is 5.80. The van der Waals surface area contributed by atoms with Crippen LogP contribution in [0.4, 0.5) is 10.2 Å². The molecule has 0 bridgehead atoms. The molecule has 0 spiro atoms. The van der Waals surface area contributed by atoms with Crippen molar-refractivity contribution in [1.29, 1.82) is 0 Å². The third-order valence-corrected chi connectivity index (χ3v) is 4.49. The van der Waals surface area contributed by atoms with Gasteiger partial charge in [-0.2, -0.15) is 0 Å². The van der Waals surface area contributed by atoms with Gasteiger partial charge in [0.25, 0.3) is 0 Å². The molecule has 7 nitrogen and oxygen atoms in total. The number of nitrogens with zero attached hydrogens (tertiary/aromatic N) is 5. The van der Waals surface area contributed by atoms with Gasteiger partial charge in [-0.25, -0.2) is 19.3 Å². The molecule has 1 aliphatic heterocycles. The minimum atomic E-state index is -0.250. The SMILES string of the molecule is Nc1nc(C2CCN(Cc3ncccc3F)CC2)nc2nc[nH]c12. The van der Waals surface area contributed by atoms with Crippen molar-refractivity contribution >= 4 is 17.0 Å². The molecule has 0 aromatic carbocycles. The third kappa shape index (κ3) is 2.80. The zero-order chi connectivity index (χ0) is 16.5. The van der Waals surface area contributed by atoms with Crippen molar-refractivity contribution in [2.24, 2.45) is 0 Å². The van der Waals surface area contributed by atoms with E-state index in [2.05, 4.69) is 29.8 Å². The number of H-pyrrole nitrogens is 1. The molecule has 0 amide bonds. The van der Waals surface area contributed by atoms with Gasteiger partial charge in [0.2, 0.25) is 0 Å². The molecule has 1 fully saturated rings. The van der Waals surface area contributed by atoms with Crippen LogP contribution < -0.4 is 5.73 Å². The van der Waals surface area contributed by atoms with E-state index in [0.717, 1.165) is 31.8 Å². The number of hydrogen-bond acceptors (Lipinski definition) is 6. The van der Waals surface area contributed by atoms with Crippen LogP contribution in [0.1, 0.15) is 30.3 Å². The van der Waals surface area contributed by atoms with Gasteiger partial charge in [0.05, 0.1) is 12.0 Å². The summed E-state index contributed by atoms with van der Waals surface area (Å²) in [5.74, 6) is 1.18. The fourth-order valence-corrected chi connectivity index (χ4v) is 3.15. The molecular formula is C16H18FN7. The maximum atomic E-state index is 13.7. The van der Waals surface area contributed by atoms with Crippen LogP contribution in [0.25, 0.3) is 11.2 Å². The Morgan fingerprint density at radius 1 is 1.25 bits per heavy atom. The Kier molecular flexibility index (Phi) is 3.81. The van der Waals surface area contributed by atoms with Gasteiger partial charge in [0.1, 0.15) is 17.2 Å². The van der Waals surface area contributed by atoms with Crippen molar-refractivity contribution in [2.45, 2.75) is 25.3 Å². The van der Waals surface area contributed by atoms with Crippen LogP contribution in [-0.4, -0.2) is 42.9 Å². The highest BCUT2D eigenvalue weighted by Gasteiger charge is 2.24. The van der Waals surface area contributed by atoms with Crippen molar-refractivity contribution in [2.75, 3.05) is 18.8 Å².